The van der Waals surface area contributed by atoms with Gasteiger partial charge in [0.1, 0.15) is 0 Å². The summed E-state index contributed by atoms with van der Waals surface area (Å²) in [6, 6.07) is 10.8. The molecular formula is C15H18IN3. The number of nitrogens with zero attached hydrogens (tertiary/aromatic N) is 2. The van der Waals surface area contributed by atoms with E-state index < -0.39 is 0 Å². The van der Waals surface area contributed by atoms with Gasteiger partial charge in [0, 0.05) is 29.9 Å². The van der Waals surface area contributed by atoms with Crippen LogP contribution in [0.2, 0.25) is 0 Å². The van der Waals surface area contributed by atoms with Crippen molar-refractivity contribution in [3.63, 3.8) is 0 Å². The Bertz CT molecular complexity index is 537. The Morgan fingerprint density at radius 3 is 2.47 bits per heavy atom. The van der Waals surface area contributed by atoms with Crippen LogP contribution in [0.25, 0.3) is 0 Å². The SMILES string of the molecule is CC(Nc1cnccc1N(C)C)c1ccc(I)cc1. The van der Waals surface area contributed by atoms with Crippen LogP contribution in [0.5, 0.6) is 0 Å². The number of hydrogen-bond acceptors (Lipinski definition) is 3. The summed E-state index contributed by atoms with van der Waals surface area (Å²) in [5.74, 6) is 0. The fourth-order valence-electron chi connectivity index (χ4n) is 1.96. The van der Waals surface area contributed by atoms with E-state index in [9.17, 15) is 0 Å². The van der Waals surface area contributed by atoms with E-state index in [1.165, 1.54) is 9.13 Å². The van der Waals surface area contributed by atoms with Gasteiger partial charge in [0.15, 0.2) is 0 Å². The average molecular weight is 367 g/mol. The predicted molar refractivity (Wildman–Crippen MR) is 89.8 cm³/mol. The first-order valence-electron chi connectivity index (χ1n) is 6.21. The lowest BCUT2D eigenvalue weighted by molar-refractivity contribution is 0.880. The van der Waals surface area contributed by atoms with Crippen LogP contribution in [0.3, 0.4) is 0 Å². The third kappa shape index (κ3) is 3.59. The molecule has 2 aromatic rings. The number of benzene rings is 1. The van der Waals surface area contributed by atoms with Gasteiger partial charge in [-0.3, -0.25) is 4.98 Å². The Hall–Kier alpha value is -1.30. The van der Waals surface area contributed by atoms with Crippen LogP contribution in [0.1, 0.15) is 18.5 Å². The van der Waals surface area contributed by atoms with Gasteiger partial charge in [-0.15, -0.1) is 0 Å². The minimum Gasteiger partial charge on any atom is -0.376 e. The Kier molecular flexibility index (Phi) is 4.63. The molecule has 0 aliphatic carbocycles. The van der Waals surface area contributed by atoms with E-state index in [-0.39, 0.29) is 6.04 Å². The van der Waals surface area contributed by atoms with Crippen molar-refractivity contribution in [1.82, 2.24) is 4.98 Å². The molecule has 3 nitrogen and oxygen atoms in total. The highest BCUT2D eigenvalue weighted by Gasteiger charge is 2.09. The van der Waals surface area contributed by atoms with Crippen LogP contribution in [-0.2, 0) is 0 Å². The smallest absolute Gasteiger partial charge is 0.0768 e. The molecule has 0 saturated heterocycles. The molecule has 19 heavy (non-hydrogen) atoms. The van der Waals surface area contributed by atoms with Crippen molar-refractivity contribution < 1.29 is 0 Å². The van der Waals surface area contributed by atoms with Gasteiger partial charge in [-0.05, 0) is 53.3 Å². The van der Waals surface area contributed by atoms with Crippen molar-refractivity contribution in [1.29, 1.82) is 0 Å². The minimum atomic E-state index is 0.250. The summed E-state index contributed by atoms with van der Waals surface area (Å²) in [6.07, 6.45) is 3.69. The zero-order chi connectivity index (χ0) is 13.8. The van der Waals surface area contributed by atoms with Gasteiger partial charge in [0.25, 0.3) is 0 Å². The van der Waals surface area contributed by atoms with Crippen molar-refractivity contribution >= 4 is 34.0 Å². The molecule has 1 aromatic carbocycles. The van der Waals surface area contributed by atoms with Gasteiger partial charge >= 0.3 is 0 Å². The topological polar surface area (TPSA) is 28.2 Å². The molecule has 1 unspecified atom stereocenters. The van der Waals surface area contributed by atoms with E-state index in [1.54, 1.807) is 0 Å². The lowest BCUT2D eigenvalue weighted by atomic mass is 10.1. The number of halogens is 1. The summed E-state index contributed by atoms with van der Waals surface area (Å²) in [5, 5.41) is 3.52. The fourth-order valence-corrected chi connectivity index (χ4v) is 2.32. The molecule has 0 spiro atoms. The number of anilines is 2. The molecule has 100 valence electrons. The lowest BCUT2D eigenvalue weighted by Gasteiger charge is -2.21. The van der Waals surface area contributed by atoms with Crippen molar-refractivity contribution in [2.45, 2.75) is 13.0 Å². The van der Waals surface area contributed by atoms with Crippen LogP contribution in [0.15, 0.2) is 42.7 Å². The zero-order valence-corrected chi connectivity index (χ0v) is 13.5. The maximum Gasteiger partial charge on any atom is 0.0768 e. The van der Waals surface area contributed by atoms with Crippen LogP contribution in [-0.4, -0.2) is 19.1 Å². The third-order valence-corrected chi connectivity index (χ3v) is 3.74. The largest absolute Gasteiger partial charge is 0.376 e. The van der Waals surface area contributed by atoms with Gasteiger partial charge in [-0.2, -0.15) is 0 Å². The molecular weight excluding hydrogens is 349 g/mol. The minimum absolute atomic E-state index is 0.250. The van der Waals surface area contributed by atoms with Crippen molar-refractivity contribution in [3.05, 3.63) is 51.9 Å². The van der Waals surface area contributed by atoms with Gasteiger partial charge in [-0.25, -0.2) is 0 Å². The quantitative estimate of drug-likeness (QED) is 0.831. The summed E-state index contributed by atoms with van der Waals surface area (Å²) in [7, 11) is 4.08. The first-order valence-corrected chi connectivity index (χ1v) is 7.29. The normalized spacial score (nSPS) is 12.0. The summed E-state index contributed by atoms with van der Waals surface area (Å²) >= 11 is 2.32. The molecule has 0 bridgehead atoms. The van der Waals surface area contributed by atoms with Gasteiger partial charge in [0.2, 0.25) is 0 Å². The Labute approximate surface area is 128 Å². The van der Waals surface area contributed by atoms with Crippen molar-refractivity contribution in [2.24, 2.45) is 0 Å². The standard InChI is InChI=1S/C15H18IN3/c1-11(12-4-6-13(16)7-5-12)18-14-10-17-9-8-15(14)19(2)3/h4-11,18H,1-3H3. The van der Waals surface area contributed by atoms with Gasteiger partial charge in [-0.1, -0.05) is 12.1 Å². The average Bonchev–Trinajstić information content (AvgIpc) is 2.39. The van der Waals surface area contributed by atoms with Crippen molar-refractivity contribution in [3.8, 4) is 0 Å². The number of aromatic nitrogens is 1. The molecule has 0 radical (unpaired) electrons. The van der Waals surface area contributed by atoms with Crippen molar-refractivity contribution in [2.75, 3.05) is 24.3 Å². The van der Waals surface area contributed by atoms with E-state index in [4.69, 9.17) is 0 Å². The second kappa shape index (κ2) is 6.23. The molecule has 0 saturated carbocycles. The molecule has 1 heterocycles. The molecule has 1 atom stereocenters. The Morgan fingerprint density at radius 1 is 1.16 bits per heavy atom. The molecule has 1 N–H and O–H groups in total. The molecule has 0 fully saturated rings. The van der Waals surface area contributed by atoms with Gasteiger partial charge < -0.3 is 10.2 Å². The van der Waals surface area contributed by atoms with E-state index >= 15 is 0 Å². The Balaban J connectivity index is 2.19. The Morgan fingerprint density at radius 2 is 1.84 bits per heavy atom. The fraction of sp³-hybridized carbons (Fsp3) is 0.267. The maximum atomic E-state index is 4.20. The number of rotatable bonds is 4. The number of hydrogen-bond donors (Lipinski definition) is 1. The monoisotopic (exact) mass is 367 g/mol. The molecule has 2 rings (SSSR count). The predicted octanol–water partition coefficient (Wildman–Crippen LogP) is 3.93. The maximum absolute atomic E-state index is 4.20. The van der Waals surface area contributed by atoms with Crippen LogP contribution >= 0.6 is 22.6 Å². The second-order valence-electron chi connectivity index (χ2n) is 4.70. The third-order valence-electron chi connectivity index (χ3n) is 3.02. The molecule has 1 aromatic heterocycles. The van der Waals surface area contributed by atoms with Gasteiger partial charge in [0.05, 0.1) is 17.6 Å². The molecule has 0 aliphatic heterocycles. The first-order chi connectivity index (χ1) is 9.08. The highest BCUT2D eigenvalue weighted by molar-refractivity contribution is 14.1. The molecule has 4 heteroatoms. The zero-order valence-electron chi connectivity index (χ0n) is 11.4. The first kappa shape index (κ1) is 14.1. The van der Waals surface area contributed by atoms with E-state index in [0.717, 1.165) is 11.4 Å². The second-order valence-corrected chi connectivity index (χ2v) is 5.95. The lowest BCUT2D eigenvalue weighted by Crippen LogP contribution is -2.14. The molecule has 0 amide bonds. The summed E-state index contributed by atoms with van der Waals surface area (Å²) in [5.41, 5.74) is 3.47. The van der Waals surface area contributed by atoms with Crippen LogP contribution < -0.4 is 10.2 Å². The highest BCUT2D eigenvalue weighted by Crippen LogP contribution is 2.27. The molecule has 0 aliphatic rings. The summed E-state index contributed by atoms with van der Waals surface area (Å²) in [6.45, 7) is 2.16. The van der Waals surface area contributed by atoms with Crippen LogP contribution in [0, 0.1) is 3.57 Å². The summed E-state index contributed by atoms with van der Waals surface area (Å²) in [4.78, 5) is 6.29. The van der Waals surface area contributed by atoms with Crippen LogP contribution in [0.4, 0.5) is 11.4 Å². The summed E-state index contributed by atoms with van der Waals surface area (Å²) < 4.78 is 1.25. The highest BCUT2D eigenvalue weighted by atomic mass is 127. The number of nitrogens with one attached hydrogen (secondary N) is 1. The van der Waals surface area contributed by atoms with E-state index in [0.29, 0.717) is 0 Å². The number of pyridine rings is 1. The van der Waals surface area contributed by atoms with E-state index in [2.05, 4.69) is 69.0 Å². The van der Waals surface area contributed by atoms with E-state index in [1.807, 2.05) is 32.6 Å².